The van der Waals surface area contributed by atoms with Crippen LogP contribution in [0.2, 0.25) is 0 Å². The first-order chi connectivity index (χ1) is 7.77. The highest BCUT2D eigenvalue weighted by Gasteiger charge is 2.14. The van der Waals surface area contributed by atoms with Crippen molar-refractivity contribution < 1.29 is 4.92 Å². The van der Waals surface area contributed by atoms with E-state index in [1.165, 1.54) is 12.4 Å². The van der Waals surface area contributed by atoms with Gasteiger partial charge in [-0.25, -0.2) is 0 Å². The molecule has 2 heterocycles. The van der Waals surface area contributed by atoms with Crippen LogP contribution in [-0.2, 0) is 0 Å². The summed E-state index contributed by atoms with van der Waals surface area (Å²) in [5.74, 6) is 0. The Morgan fingerprint density at radius 2 is 2.44 bits per heavy atom. The molecular weight excluding hydrogens is 210 g/mol. The van der Waals surface area contributed by atoms with E-state index >= 15 is 0 Å². The van der Waals surface area contributed by atoms with E-state index in [9.17, 15) is 10.1 Å². The summed E-state index contributed by atoms with van der Waals surface area (Å²) in [7, 11) is 0. The molecule has 1 aromatic rings. The van der Waals surface area contributed by atoms with Crippen molar-refractivity contribution in [1.29, 1.82) is 0 Å². The van der Waals surface area contributed by atoms with Crippen LogP contribution in [-0.4, -0.2) is 22.8 Å². The quantitative estimate of drug-likeness (QED) is 0.580. The molecular formula is C9H9N5O2. The molecule has 0 spiro atoms. The molecule has 0 radical (unpaired) electrons. The van der Waals surface area contributed by atoms with Crippen LogP contribution < -0.4 is 10.3 Å². The van der Waals surface area contributed by atoms with Gasteiger partial charge in [0.15, 0.2) is 0 Å². The van der Waals surface area contributed by atoms with E-state index in [-0.39, 0.29) is 5.70 Å². The largest absolute Gasteiger partial charge is 0.321 e. The molecule has 1 aromatic heterocycles. The first kappa shape index (κ1) is 10.1. The summed E-state index contributed by atoms with van der Waals surface area (Å²) in [6, 6.07) is 3.58. The first-order valence-electron chi connectivity index (χ1n) is 4.56. The van der Waals surface area contributed by atoms with Gasteiger partial charge in [-0.15, -0.1) is 0 Å². The number of nitrogens with zero attached hydrogens (tertiary/aromatic N) is 4. The summed E-state index contributed by atoms with van der Waals surface area (Å²) in [6.07, 6.45) is 5.86. The Balaban J connectivity index is 2.29. The monoisotopic (exact) mass is 219 g/mol. The lowest BCUT2D eigenvalue weighted by Gasteiger charge is -2.17. The Labute approximate surface area is 91.2 Å². The number of pyridine rings is 1. The average molecular weight is 219 g/mol. The van der Waals surface area contributed by atoms with E-state index in [0.717, 1.165) is 5.69 Å². The summed E-state index contributed by atoms with van der Waals surface area (Å²) in [4.78, 5) is 15.8. The number of nitro groups is 1. The van der Waals surface area contributed by atoms with Crippen molar-refractivity contribution in [3.05, 3.63) is 46.5 Å². The van der Waals surface area contributed by atoms with E-state index in [1.54, 1.807) is 23.4 Å². The molecule has 1 aliphatic rings. The standard InChI is InChI=1S/C9H9N5O2/c15-14(16)9-5-11-12-7-13(6-9)8-2-1-3-10-4-8/h1-6,12H,7H2. The van der Waals surface area contributed by atoms with Gasteiger partial charge in [-0.1, -0.05) is 0 Å². The summed E-state index contributed by atoms with van der Waals surface area (Å²) in [5, 5.41) is 14.4. The summed E-state index contributed by atoms with van der Waals surface area (Å²) in [5.41, 5.74) is 3.38. The van der Waals surface area contributed by atoms with Crippen molar-refractivity contribution >= 4 is 11.9 Å². The third-order valence-electron chi connectivity index (χ3n) is 2.01. The maximum Gasteiger partial charge on any atom is 0.305 e. The van der Waals surface area contributed by atoms with Crippen LogP contribution in [0, 0.1) is 10.1 Å². The minimum absolute atomic E-state index is 0.0751. The molecule has 0 saturated carbocycles. The smallest absolute Gasteiger partial charge is 0.305 e. The lowest BCUT2D eigenvalue weighted by atomic mass is 10.4. The Kier molecular flexibility index (Phi) is 2.77. The van der Waals surface area contributed by atoms with Crippen LogP contribution in [0.5, 0.6) is 0 Å². The Morgan fingerprint density at radius 1 is 1.56 bits per heavy atom. The van der Waals surface area contributed by atoms with E-state index in [1.807, 2.05) is 6.07 Å². The van der Waals surface area contributed by atoms with Crippen LogP contribution in [0.25, 0.3) is 0 Å². The number of aromatic nitrogens is 1. The van der Waals surface area contributed by atoms with Gasteiger partial charge in [-0.05, 0) is 12.1 Å². The van der Waals surface area contributed by atoms with Gasteiger partial charge < -0.3 is 4.90 Å². The molecule has 1 aliphatic heterocycles. The van der Waals surface area contributed by atoms with Crippen LogP contribution in [0.1, 0.15) is 0 Å². The predicted molar refractivity (Wildman–Crippen MR) is 58.3 cm³/mol. The molecule has 0 aliphatic carbocycles. The number of allylic oxidation sites excluding steroid dienone is 1. The van der Waals surface area contributed by atoms with Crippen LogP contribution in [0.4, 0.5) is 5.69 Å². The van der Waals surface area contributed by atoms with Gasteiger partial charge in [0.1, 0.15) is 12.9 Å². The van der Waals surface area contributed by atoms with Crippen molar-refractivity contribution in [2.45, 2.75) is 0 Å². The fraction of sp³-hybridized carbons (Fsp3) is 0.111. The molecule has 82 valence electrons. The molecule has 0 amide bonds. The van der Waals surface area contributed by atoms with Crippen molar-refractivity contribution in [3.63, 3.8) is 0 Å². The lowest BCUT2D eigenvalue weighted by Crippen LogP contribution is -2.26. The van der Waals surface area contributed by atoms with Crippen LogP contribution >= 0.6 is 0 Å². The summed E-state index contributed by atoms with van der Waals surface area (Å²) >= 11 is 0. The maximum absolute atomic E-state index is 10.7. The molecule has 0 saturated heterocycles. The molecule has 16 heavy (non-hydrogen) atoms. The highest BCUT2D eigenvalue weighted by atomic mass is 16.6. The van der Waals surface area contributed by atoms with E-state index < -0.39 is 4.92 Å². The highest BCUT2D eigenvalue weighted by molar-refractivity contribution is 5.76. The zero-order valence-electron chi connectivity index (χ0n) is 8.28. The van der Waals surface area contributed by atoms with Gasteiger partial charge in [0.05, 0.1) is 23.0 Å². The van der Waals surface area contributed by atoms with Crippen molar-refractivity contribution in [1.82, 2.24) is 10.4 Å². The summed E-state index contributed by atoms with van der Waals surface area (Å²) in [6.45, 7) is 0.361. The Bertz CT molecular complexity index is 442. The number of hydrogen-bond acceptors (Lipinski definition) is 6. The Morgan fingerprint density at radius 3 is 3.12 bits per heavy atom. The van der Waals surface area contributed by atoms with Gasteiger partial charge >= 0.3 is 5.70 Å². The fourth-order valence-corrected chi connectivity index (χ4v) is 1.25. The normalized spacial score (nSPS) is 15.0. The lowest BCUT2D eigenvalue weighted by molar-refractivity contribution is -0.414. The molecule has 0 aromatic carbocycles. The number of hydrogen-bond donors (Lipinski definition) is 1. The second kappa shape index (κ2) is 4.39. The van der Waals surface area contributed by atoms with Crippen molar-refractivity contribution in [3.8, 4) is 0 Å². The topological polar surface area (TPSA) is 83.7 Å². The van der Waals surface area contributed by atoms with Gasteiger partial charge in [0.2, 0.25) is 0 Å². The highest BCUT2D eigenvalue weighted by Crippen LogP contribution is 2.13. The molecule has 7 nitrogen and oxygen atoms in total. The van der Waals surface area contributed by atoms with Gasteiger partial charge in [0, 0.05) is 6.20 Å². The molecule has 1 N–H and O–H groups in total. The third-order valence-corrected chi connectivity index (χ3v) is 2.01. The third kappa shape index (κ3) is 2.14. The van der Waals surface area contributed by atoms with E-state index in [2.05, 4.69) is 15.5 Å². The van der Waals surface area contributed by atoms with Crippen LogP contribution in [0.3, 0.4) is 0 Å². The second-order valence-electron chi connectivity index (χ2n) is 3.07. The van der Waals surface area contributed by atoms with E-state index in [4.69, 9.17) is 0 Å². The van der Waals surface area contributed by atoms with Gasteiger partial charge in [-0.3, -0.25) is 20.5 Å². The van der Waals surface area contributed by atoms with Crippen molar-refractivity contribution in [2.75, 3.05) is 11.6 Å². The number of anilines is 1. The zero-order valence-corrected chi connectivity index (χ0v) is 8.28. The molecule has 2 rings (SSSR count). The molecule has 0 atom stereocenters. The maximum atomic E-state index is 10.7. The van der Waals surface area contributed by atoms with Crippen molar-refractivity contribution in [2.24, 2.45) is 5.10 Å². The Hall–Kier alpha value is -2.44. The SMILES string of the molecule is O=[N+]([O-])C1=CN(c2cccnc2)CNN=C1. The minimum atomic E-state index is -0.486. The molecule has 0 bridgehead atoms. The van der Waals surface area contributed by atoms with Gasteiger partial charge in [-0.2, -0.15) is 5.10 Å². The van der Waals surface area contributed by atoms with Gasteiger partial charge in [0.25, 0.3) is 0 Å². The first-order valence-corrected chi connectivity index (χ1v) is 4.56. The fourth-order valence-electron chi connectivity index (χ4n) is 1.25. The second-order valence-corrected chi connectivity index (χ2v) is 3.07. The summed E-state index contributed by atoms with van der Waals surface area (Å²) < 4.78 is 0. The number of rotatable bonds is 2. The minimum Gasteiger partial charge on any atom is -0.321 e. The number of hydrazone groups is 1. The van der Waals surface area contributed by atoms with Crippen LogP contribution in [0.15, 0.2) is 41.5 Å². The predicted octanol–water partition coefficient (Wildman–Crippen LogP) is 0.553. The number of nitrogens with one attached hydrogen (secondary N) is 1. The zero-order chi connectivity index (χ0) is 11.4. The molecule has 7 heteroatoms. The van der Waals surface area contributed by atoms with E-state index in [0.29, 0.717) is 6.67 Å². The molecule has 0 unspecified atom stereocenters. The average Bonchev–Trinajstić information content (AvgIpc) is 2.56. The molecule has 0 fully saturated rings.